The Kier molecular flexibility index (Phi) is 2.24. The Balaban J connectivity index is 2.13. The molecule has 0 spiro atoms. The van der Waals surface area contributed by atoms with Gasteiger partial charge in [-0.15, -0.1) is 0 Å². The zero-order valence-electron chi connectivity index (χ0n) is 6.87. The highest BCUT2D eigenvalue weighted by atomic mass is 35.5. The highest BCUT2D eigenvalue weighted by Crippen LogP contribution is 2.26. The van der Waals surface area contributed by atoms with Crippen molar-refractivity contribution >= 4 is 17.4 Å². The number of anilines is 1. The maximum Gasteiger partial charge on any atom is 0.145 e. The zero-order chi connectivity index (χ0) is 9.26. The molecule has 1 fully saturated rings. The second kappa shape index (κ2) is 3.40. The number of halogens is 1. The topological polar surface area (TPSA) is 57.4 Å². The Morgan fingerprint density at radius 2 is 2.38 bits per heavy atom. The summed E-state index contributed by atoms with van der Waals surface area (Å²) in [6.07, 6.45) is 1.57. The molecule has 0 atom stereocenters. The summed E-state index contributed by atoms with van der Waals surface area (Å²) < 4.78 is 10.4. The number of nitrogens with zero attached hydrogens (tertiary/aromatic N) is 1. The molecule has 70 valence electrons. The van der Waals surface area contributed by atoms with Crippen molar-refractivity contribution in [3.63, 3.8) is 0 Å². The predicted octanol–water partition coefficient (Wildman–Crippen LogP) is 1.09. The van der Waals surface area contributed by atoms with Crippen LogP contribution in [0.2, 0.25) is 5.02 Å². The summed E-state index contributed by atoms with van der Waals surface area (Å²) in [6, 6.07) is 1.61. The van der Waals surface area contributed by atoms with Crippen molar-refractivity contribution in [2.24, 2.45) is 0 Å². The number of ether oxygens (including phenoxy) is 2. The van der Waals surface area contributed by atoms with E-state index in [9.17, 15) is 0 Å². The van der Waals surface area contributed by atoms with E-state index < -0.39 is 0 Å². The molecule has 1 aliphatic rings. The number of hydrogen-bond donors (Lipinski definition) is 1. The van der Waals surface area contributed by atoms with Crippen molar-refractivity contribution in [3.05, 3.63) is 17.3 Å². The summed E-state index contributed by atoms with van der Waals surface area (Å²) in [7, 11) is 0. The van der Waals surface area contributed by atoms with Crippen LogP contribution in [0.25, 0.3) is 0 Å². The van der Waals surface area contributed by atoms with Gasteiger partial charge >= 0.3 is 0 Å². The second-order valence-electron chi connectivity index (χ2n) is 2.82. The molecule has 2 N–H and O–H groups in total. The van der Waals surface area contributed by atoms with Gasteiger partial charge in [0.25, 0.3) is 0 Å². The number of nitrogens with two attached hydrogens (primary N) is 1. The minimum absolute atomic E-state index is 0.0966. The van der Waals surface area contributed by atoms with Gasteiger partial charge in [-0.2, -0.15) is 0 Å². The first kappa shape index (κ1) is 8.59. The van der Waals surface area contributed by atoms with Crippen LogP contribution in [0.1, 0.15) is 0 Å². The maximum absolute atomic E-state index is 5.84. The van der Waals surface area contributed by atoms with Gasteiger partial charge in [-0.3, -0.25) is 0 Å². The first-order valence-corrected chi connectivity index (χ1v) is 4.29. The van der Waals surface area contributed by atoms with Gasteiger partial charge in [0.15, 0.2) is 0 Å². The Labute approximate surface area is 80.6 Å². The largest absolute Gasteiger partial charge is 0.484 e. The molecule has 0 amide bonds. The fourth-order valence-electron chi connectivity index (χ4n) is 0.987. The maximum atomic E-state index is 5.84. The summed E-state index contributed by atoms with van der Waals surface area (Å²) in [5, 5.41) is 0.473. The minimum atomic E-state index is 0.0966. The van der Waals surface area contributed by atoms with Crippen molar-refractivity contribution in [3.8, 4) is 5.75 Å². The molecular weight excluding hydrogens is 192 g/mol. The Bertz CT molecular complexity index is 315. The minimum Gasteiger partial charge on any atom is -0.484 e. The van der Waals surface area contributed by atoms with Gasteiger partial charge in [-0.25, -0.2) is 4.98 Å². The van der Waals surface area contributed by atoms with Crippen LogP contribution in [0.4, 0.5) is 5.82 Å². The molecule has 0 aliphatic carbocycles. The summed E-state index contributed by atoms with van der Waals surface area (Å²) in [6.45, 7) is 1.22. The van der Waals surface area contributed by atoms with E-state index in [0.717, 1.165) is 0 Å². The number of nitrogen functional groups attached to an aromatic ring is 1. The summed E-state index contributed by atoms with van der Waals surface area (Å²) in [5.41, 5.74) is 5.48. The molecule has 0 bridgehead atoms. The van der Waals surface area contributed by atoms with Gasteiger partial charge in [-0.05, 0) is 0 Å². The van der Waals surface area contributed by atoms with Crippen LogP contribution in [-0.2, 0) is 4.74 Å². The van der Waals surface area contributed by atoms with Crippen LogP contribution in [0.15, 0.2) is 12.3 Å². The van der Waals surface area contributed by atoms with E-state index >= 15 is 0 Å². The van der Waals surface area contributed by atoms with Gasteiger partial charge < -0.3 is 15.2 Å². The summed E-state index contributed by atoms with van der Waals surface area (Å²) in [4.78, 5) is 3.83. The molecule has 0 aromatic carbocycles. The van der Waals surface area contributed by atoms with Crippen LogP contribution < -0.4 is 10.5 Å². The van der Waals surface area contributed by atoms with E-state index in [-0.39, 0.29) is 6.10 Å². The molecule has 5 heteroatoms. The van der Waals surface area contributed by atoms with Gasteiger partial charge in [0.2, 0.25) is 0 Å². The quantitative estimate of drug-likeness (QED) is 0.777. The first-order valence-electron chi connectivity index (χ1n) is 3.91. The smallest absolute Gasteiger partial charge is 0.145 e. The lowest BCUT2D eigenvalue weighted by atomic mass is 10.3. The third-order valence-electron chi connectivity index (χ3n) is 1.74. The van der Waals surface area contributed by atoms with Gasteiger partial charge in [0, 0.05) is 6.07 Å². The number of pyridine rings is 1. The predicted molar refractivity (Wildman–Crippen MR) is 48.9 cm³/mol. The van der Waals surface area contributed by atoms with E-state index in [0.29, 0.717) is 29.8 Å². The average molecular weight is 201 g/mol. The Morgan fingerprint density at radius 3 is 3.00 bits per heavy atom. The summed E-state index contributed by atoms with van der Waals surface area (Å²) in [5.74, 6) is 0.974. The lowest BCUT2D eigenvalue weighted by Crippen LogP contribution is -2.38. The molecule has 1 aromatic rings. The number of rotatable bonds is 2. The Morgan fingerprint density at radius 1 is 1.62 bits per heavy atom. The fraction of sp³-hybridized carbons (Fsp3) is 0.375. The number of hydrogen-bond acceptors (Lipinski definition) is 4. The standard InChI is InChI=1S/C8H9ClN2O2/c9-6-2-11-8(10)1-7(6)13-5-3-12-4-5/h1-2,5H,3-4H2,(H2,10,11). The van der Waals surface area contributed by atoms with E-state index in [4.69, 9.17) is 26.8 Å². The van der Waals surface area contributed by atoms with Crippen molar-refractivity contribution in [1.82, 2.24) is 4.98 Å². The normalized spacial score (nSPS) is 16.7. The number of aromatic nitrogens is 1. The van der Waals surface area contributed by atoms with E-state index in [1.807, 2.05) is 0 Å². The highest BCUT2D eigenvalue weighted by Gasteiger charge is 2.21. The lowest BCUT2D eigenvalue weighted by Gasteiger charge is -2.27. The molecule has 0 radical (unpaired) electrons. The molecule has 2 rings (SSSR count). The molecule has 1 aliphatic heterocycles. The van der Waals surface area contributed by atoms with Crippen molar-refractivity contribution in [2.75, 3.05) is 18.9 Å². The van der Waals surface area contributed by atoms with Gasteiger partial charge in [-0.1, -0.05) is 11.6 Å². The van der Waals surface area contributed by atoms with Crippen molar-refractivity contribution in [2.45, 2.75) is 6.10 Å². The molecule has 4 nitrogen and oxygen atoms in total. The van der Waals surface area contributed by atoms with Crippen LogP contribution >= 0.6 is 11.6 Å². The van der Waals surface area contributed by atoms with E-state index in [1.165, 1.54) is 6.20 Å². The highest BCUT2D eigenvalue weighted by molar-refractivity contribution is 6.31. The summed E-state index contributed by atoms with van der Waals surface area (Å²) >= 11 is 5.84. The molecule has 1 aromatic heterocycles. The third-order valence-corrected chi connectivity index (χ3v) is 2.03. The van der Waals surface area contributed by atoms with Crippen molar-refractivity contribution in [1.29, 1.82) is 0 Å². The third kappa shape index (κ3) is 1.84. The molecular formula is C8H9ClN2O2. The van der Waals surface area contributed by atoms with E-state index in [1.54, 1.807) is 6.07 Å². The van der Waals surface area contributed by atoms with E-state index in [2.05, 4.69) is 4.98 Å². The first-order chi connectivity index (χ1) is 6.25. The fourth-order valence-corrected chi connectivity index (χ4v) is 1.14. The SMILES string of the molecule is Nc1cc(OC2COC2)c(Cl)cn1. The van der Waals surface area contributed by atoms with Crippen LogP contribution in [0, 0.1) is 0 Å². The van der Waals surface area contributed by atoms with Crippen LogP contribution in [0.3, 0.4) is 0 Å². The van der Waals surface area contributed by atoms with Crippen molar-refractivity contribution < 1.29 is 9.47 Å². The molecule has 13 heavy (non-hydrogen) atoms. The van der Waals surface area contributed by atoms with Crippen LogP contribution in [-0.4, -0.2) is 24.3 Å². The van der Waals surface area contributed by atoms with Gasteiger partial charge in [0.05, 0.1) is 19.4 Å². The monoisotopic (exact) mass is 200 g/mol. The van der Waals surface area contributed by atoms with Gasteiger partial charge in [0.1, 0.15) is 22.7 Å². The molecule has 1 saturated heterocycles. The second-order valence-corrected chi connectivity index (χ2v) is 3.22. The molecule has 0 unspecified atom stereocenters. The lowest BCUT2D eigenvalue weighted by molar-refractivity contribution is -0.0796. The zero-order valence-corrected chi connectivity index (χ0v) is 7.62. The molecule has 2 heterocycles. The molecule has 0 saturated carbocycles. The Hall–Kier alpha value is -1.00. The average Bonchev–Trinajstić information content (AvgIpc) is 2.03. The van der Waals surface area contributed by atoms with Crippen LogP contribution in [0.5, 0.6) is 5.75 Å².